The first-order chi connectivity index (χ1) is 28.5. The van der Waals surface area contributed by atoms with Crippen molar-refractivity contribution in [2.75, 3.05) is 9.80 Å². The highest BCUT2D eigenvalue weighted by Crippen LogP contribution is 2.62. The zero-order valence-corrected chi connectivity index (χ0v) is 32.4. The van der Waals surface area contributed by atoms with Gasteiger partial charge in [0.15, 0.2) is 11.5 Å². The molecular weight excluding hydrogens is 705 g/mol. The van der Waals surface area contributed by atoms with Crippen molar-refractivity contribution in [1.29, 1.82) is 0 Å². The van der Waals surface area contributed by atoms with Gasteiger partial charge in [-0.05, 0) is 98.9 Å². The topological polar surface area (TPSA) is 15.7 Å². The number of nitrogens with zero attached hydrogens (tertiary/aromatic N) is 2. The fourth-order valence-electron chi connectivity index (χ4n) is 9.12. The van der Waals surface area contributed by atoms with E-state index in [-0.39, 0.29) is 5.41 Å². The minimum absolute atomic E-state index is 0.261. The Hall–Kier alpha value is -7.36. The molecule has 0 atom stereocenters. The highest BCUT2D eigenvalue weighted by atomic mass is 16.5. The van der Waals surface area contributed by atoms with Gasteiger partial charge in [0, 0.05) is 27.7 Å². The Kier molecular flexibility index (Phi) is 7.84. The molecule has 2 heterocycles. The van der Waals surface area contributed by atoms with E-state index in [4.69, 9.17) is 4.74 Å². The van der Waals surface area contributed by atoms with Gasteiger partial charge in [-0.2, -0.15) is 0 Å². The number of ether oxygens (including phenoxy) is 1. The summed E-state index contributed by atoms with van der Waals surface area (Å²) in [7, 11) is 0. The van der Waals surface area contributed by atoms with Gasteiger partial charge in [0.2, 0.25) is 0 Å². The van der Waals surface area contributed by atoms with Gasteiger partial charge >= 0.3 is 0 Å². The Labute approximate surface area is 339 Å². The highest BCUT2D eigenvalue weighted by molar-refractivity contribution is 6.06. The molecule has 276 valence electrons. The number of para-hydroxylation sites is 2. The molecule has 58 heavy (non-hydrogen) atoms. The van der Waals surface area contributed by atoms with Crippen LogP contribution in [0.1, 0.15) is 25.0 Å². The summed E-state index contributed by atoms with van der Waals surface area (Å²) in [4.78, 5) is 4.82. The molecule has 0 radical (unpaired) electrons. The summed E-state index contributed by atoms with van der Waals surface area (Å²) in [5, 5.41) is 2.38. The van der Waals surface area contributed by atoms with Gasteiger partial charge < -0.3 is 14.5 Å². The van der Waals surface area contributed by atoms with Crippen LogP contribution < -0.4 is 14.5 Å². The second-order valence-electron chi connectivity index (χ2n) is 15.8. The molecule has 0 spiro atoms. The number of hydrogen-bond acceptors (Lipinski definition) is 3. The third kappa shape index (κ3) is 5.43. The van der Waals surface area contributed by atoms with Crippen LogP contribution in [0.3, 0.4) is 0 Å². The average Bonchev–Trinajstić information content (AvgIpc) is 3.29. The predicted molar refractivity (Wildman–Crippen MR) is 242 cm³/mol. The molecule has 0 saturated heterocycles. The molecule has 0 unspecified atom stereocenters. The van der Waals surface area contributed by atoms with Crippen molar-refractivity contribution >= 4 is 44.9 Å². The Morgan fingerprint density at radius 3 is 1.76 bits per heavy atom. The normalized spacial score (nSPS) is 13.2. The maximum absolute atomic E-state index is 6.93. The van der Waals surface area contributed by atoms with Crippen LogP contribution in [0.5, 0.6) is 11.5 Å². The van der Waals surface area contributed by atoms with Gasteiger partial charge in [-0.25, -0.2) is 0 Å². The van der Waals surface area contributed by atoms with Crippen molar-refractivity contribution in [3.8, 4) is 44.9 Å². The molecular formula is C55H40N2O. The molecule has 3 heteroatoms. The van der Waals surface area contributed by atoms with Gasteiger partial charge in [0.05, 0.1) is 22.7 Å². The van der Waals surface area contributed by atoms with Crippen LogP contribution in [0.4, 0.5) is 34.1 Å². The lowest BCUT2D eigenvalue weighted by atomic mass is 9.72. The summed E-state index contributed by atoms with van der Waals surface area (Å²) in [6.45, 7) is 4.69. The standard InChI is InChI=1S/C55H40N2O/c1-55(2)47-22-12-14-24-50(47)57-53-46-21-10-9-19-41(46)29-34-51(53)58-52-36-42(35-48(55)54(52)57)39-27-32-44(33-28-39)56(43-30-25-38(26-31-43)37-15-5-3-6-16-37)49-23-13-11-20-45(49)40-17-7-4-8-18-40/h3-36H,1-2H3. The number of hydrogen-bond donors (Lipinski definition) is 0. The zero-order valence-electron chi connectivity index (χ0n) is 32.4. The van der Waals surface area contributed by atoms with Crippen molar-refractivity contribution in [3.05, 3.63) is 217 Å². The number of rotatable bonds is 6. The molecule has 9 aromatic carbocycles. The Morgan fingerprint density at radius 2 is 1.02 bits per heavy atom. The molecule has 0 amide bonds. The molecule has 2 aliphatic heterocycles. The fraction of sp³-hybridized carbons (Fsp3) is 0.0545. The fourth-order valence-corrected chi connectivity index (χ4v) is 9.12. The van der Waals surface area contributed by atoms with Crippen LogP contribution in [0.15, 0.2) is 206 Å². The first kappa shape index (κ1) is 33.9. The summed E-state index contributed by atoms with van der Waals surface area (Å²) in [5.41, 5.74) is 16.0. The summed E-state index contributed by atoms with van der Waals surface area (Å²) in [6.07, 6.45) is 0. The molecule has 0 N–H and O–H groups in total. The molecule has 3 nitrogen and oxygen atoms in total. The Bertz CT molecular complexity index is 2990. The van der Waals surface area contributed by atoms with Crippen molar-refractivity contribution in [3.63, 3.8) is 0 Å². The van der Waals surface area contributed by atoms with Gasteiger partial charge in [0.1, 0.15) is 0 Å². The van der Waals surface area contributed by atoms with Crippen molar-refractivity contribution < 1.29 is 4.74 Å². The maximum Gasteiger partial charge on any atom is 0.152 e. The maximum atomic E-state index is 6.93. The van der Waals surface area contributed by atoms with E-state index in [1.807, 2.05) is 0 Å². The zero-order chi connectivity index (χ0) is 38.8. The van der Waals surface area contributed by atoms with Crippen LogP contribution in [0, 0.1) is 0 Å². The number of fused-ring (bicyclic) bond motifs is 6. The molecule has 0 fully saturated rings. The molecule has 0 bridgehead atoms. The second kappa shape index (κ2) is 13.4. The van der Waals surface area contributed by atoms with Crippen LogP contribution in [0.25, 0.3) is 44.2 Å². The largest absolute Gasteiger partial charge is 0.453 e. The summed E-state index contributed by atoms with van der Waals surface area (Å²) < 4.78 is 6.93. The van der Waals surface area contributed by atoms with Gasteiger partial charge in [-0.15, -0.1) is 0 Å². The van der Waals surface area contributed by atoms with Gasteiger partial charge in [-0.3, -0.25) is 0 Å². The molecule has 9 aromatic rings. The lowest BCUT2D eigenvalue weighted by molar-refractivity contribution is 0.472. The molecule has 0 aromatic heterocycles. The lowest BCUT2D eigenvalue weighted by Gasteiger charge is -2.45. The van der Waals surface area contributed by atoms with E-state index < -0.39 is 0 Å². The monoisotopic (exact) mass is 744 g/mol. The van der Waals surface area contributed by atoms with Gasteiger partial charge in [-0.1, -0.05) is 166 Å². The van der Waals surface area contributed by atoms with E-state index in [9.17, 15) is 0 Å². The van der Waals surface area contributed by atoms with E-state index in [0.717, 1.165) is 51.1 Å². The molecule has 0 aliphatic carbocycles. The average molecular weight is 745 g/mol. The molecule has 0 saturated carbocycles. The first-order valence-corrected chi connectivity index (χ1v) is 20.0. The minimum atomic E-state index is -0.261. The van der Waals surface area contributed by atoms with Crippen molar-refractivity contribution in [2.45, 2.75) is 19.3 Å². The third-order valence-electron chi connectivity index (χ3n) is 12.0. The predicted octanol–water partition coefficient (Wildman–Crippen LogP) is 15.5. The lowest BCUT2D eigenvalue weighted by Crippen LogP contribution is -2.32. The molecule has 2 aliphatic rings. The SMILES string of the molecule is CC1(C)c2ccccc2N2c3c(cc(-c4ccc(N(c5ccc(-c6ccccc6)cc5)c5ccccc5-c5ccccc5)cc4)cc31)Oc1ccc3ccccc3c12. The second-order valence-corrected chi connectivity index (χ2v) is 15.8. The Balaban J connectivity index is 1.04. The van der Waals surface area contributed by atoms with Crippen LogP contribution in [0.2, 0.25) is 0 Å². The van der Waals surface area contributed by atoms with E-state index in [1.54, 1.807) is 0 Å². The van der Waals surface area contributed by atoms with Crippen molar-refractivity contribution in [2.24, 2.45) is 0 Å². The molecule has 11 rings (SSSR count). The van der Waals surface area contributed by atoms with Crippen molar-refractivity contribution in [1.82, 2.24) is 0 Å². The Morgan fingerprint density at radius 1 is 0.431 bits per heavy atom. The minimum Gasteiger partial charge on any atom is -0.453 e. The quantitative estimate of drug-likeness (QED) is 0.169. The van der Waals surface area contributed by atoms with E-state index in [1.165, 1.54) is 49.8 Å². The summed E-state index contributed by atoms with van der Waals surface area (Å²) in [5.74, 6) is 1.74. The first-order valence-electron chi connectivity index (χ1n) is 20.0. The third-order valence-corrected chi connectivity index (χ3v) is 12.0. The van der Waals surface area contributed by atoms with Crippen LogP contribution >= 0.6 is 0 Å². The van der Waals surface area contributed by atoms with E-state index in [0.29, 0.717) is 0 Å². The smallest absolute Gasteiger partial charge is 0.152 e. The van der Waals surface area contributed by atoms with E-state index >= 15 is 0 Å². The van der Waals surface area contributed by atoms with Crippen LogP contribution in [-0.4, -0.2) is 0 Å². The number of anilines is 6. The van der Waals surface area contributed by atoms with Crippen LogP contribution in [-0.2, 0) is 5.41 Å². The summed E-state index contributed by atoms with van der Waals surface area (Å²) in [6, 6.07) is 74.2. The highest BCUT2D eigenvalue weighted by Gasteiger charge is 2.42. The number of benzene rings is 9. The van der Waals surface area contributed by atoms with E-state index in [2.05, 4.69) is 230 Å². The summed E-state index contributed by atoms with van der Waals surface area (Å²) >= 11 is 0. The van der Waals surface area contributed by atoms with Gasteiger partial charge in [0.25, 0.3) is 0 Å².